The maximum absolute atomic E-state index is 9.12. The molecule has 0 radical (unpaired) electrons. The highest BCUT2D eigenvalue weighted by Gasteiger charge is 2.13. The number of aliphatic hydroxyl groups is 1. The average molecular weight is 248 g/mol. The minimum Gasteiger partial charge on any atom is -0.497 e. The van der Waals surface area contributed by atoms with Gasteiger partial charge in [-0.05, 0) is 24.3 Å². The molecule has 0 saturated heterocycles. The Labute approximate surface area is 106 Å². The molecule has 1 aromatic carbocycles. The van der Waals surface area contributed by atoms with E-state index in [4.69, 9.17) is 14.6 Å². The number of ether oxygens (including phenoxy) is 2. The number of aliphatic hydroxyl groups excluding tert-OH is 1. The molecule has 5 nitrogen and oxygen atoms in total. The zero-order valence-electron chi connectivity index (χ0n) is 10.7. The smallest absolute Gasteiger partial charge is 0.128 e. The fraction of sp³-hybridized carbons (Fsp3) is 0.308. The molecule has 2 aromatic rings. The van der Waals surface area contributed by atoms with Crippen molar-refractivity contribution in [1.29, 1.82) is 0 Å². The van der Waals surface area contributed by atoms with E-state index < -0.39 is 0 Å². The standard InChI is InChI=1S/C13H16N2O3/c1-15-12(6-9(8-16)14-15)11-7-10(17-2)4-5-13(11)18-3/h4-7,16H,8H2,1-3H3. The molecule has 1 aromatic heterocycles. The highest BCUT2D eigenvalue weighted by molar-refractivity contribution is 5.69. The molecule has 0 aliphatic carbocycles. The van der Waals surface area contributed by atoms with Gasteiger partial charge in [0, 0.05) is 12.6 Å². The molecule has 18 heavy (non-hydrogen) atoms. The van der Waals surface area contributed by atoms with Gasteiger partial charge in [0.1, 0.15) is 11.5 Å². The van der Waals surface area contributed by atoms with Gasteiger partial charge < -0.3 is 14.6 Å². The van der Waals surface area contributed by atoms with E-state index >= 15 is 0 Å². The van der Waals surface area contributed by atoms with Crippen LogP contribution in [0, 0.1) is 0 Å². The molecule has 1 heterocycles. The minimum absolute atomic E-state index is 0.0832. The maximum atomic E-state index is 9.12. The van der Waals surface area contributed by atoms with Crippen molar-refractivity contribution in [2.45, 2.75) is 6.61 Å². The molecule has 1 N–H and O–H groups in total. The quantitative estimate of drug-likeness (QED) is 0.892. The molecule has 0 atom stereocenters. The number of hydrogen-bond donors (Lipinski definition) is 1. The third-order valence-electron chi connectivity index (χ3n) is 2.78. The van der Waals surface area contributed by atoms with E-state index in [1.807, 2.05) is 31.3 Å². The van der Waals surface area contributed by atoms with Crippen LogP contribution in [0.5, 0.6) is 11.5 Å². The molecule has 0 bridgehead atoms. The van der Waals surface area contributed by atoms with Gasteiger partial charge in [0.2, 0.25) is 0 Å². The normalized spacial score (nSPS) is 10.4. The summed E-state index contributed by atoms with van der Waals surface area (Å²) in [6.07, 6.45) is 0. The molecule has 0 fully saturated rings. The second-order valence-electron chi connectivity index (χ2n) is 3.87. The Morgan fingerprint density at radius 3 is 2.56 bits per heavy atom. The van der Waals surface area contributed by atoms with E-state index in [-0.39, 0.29) is 6.61 Å². The lowest BCUT2D eigenvalue weighted by Gasteiger charge is -2.10. The van der Waals surface area contributed by atoms with Crippen LogP contribution in [0.1, 0.15) is 5.69 Å². The monoisotopic (exact) mass is 248 g/mol. The van der Waals surface area contributed by atoms with Crippen LogP contribution in [-0.2, 0) is 13.7 Å². The highest BCUT2D eigenvalue weighted by Crippen LogP contribution is 2.33. The van der Waals surface area contributed by atoms with Gasteiger partial charge in [-0.1, -0.05) is 0 Å². The van der Waals surface area contributed by atoms with Gasteiger partial charge in [0.05, 0.1) is 32.2 Å². The number of aryl methyl sites for hydroxylation is 1. The van der Waals surface area contributed by atoms with Crippen molar-refractivity contribution >= 4 is 0 Å². The molecule has 0 saturated carbocycles. The third-order valence-corrected chi connectivity index (χ3v) is 2.78. The van der Waals surface area contributed by atoms with Gasteiger partial charge >= 0.3 is 0 Å². The van der Waals surface area contributed by atoms with E-state index in [1.54, 1.807) is 18.9 Å². The zero-order chi connectivity index (χ0) is 13.1. The van der Waals surface area contributed by atoms with Crippen molar-refractivity contribution in [2.75, 3.05) is 14.2 Å². The number of hydrogen-bond acceptors (Lipinski definition) is 4. The Balaban J connectivity index is 2.56. The van der Waals surface area contributed by atoms with Crippen LogP contribution < -0.4 is 9.47 Å². The summed E-state index contributed by atoms with van der Waals surface area (Å²) in [6.45, 7) is -0.0832. The Morgan fingerprint density at radius 2 is 2.00 bits per heavy atom. The van der Waals surface area contributed by atoms with Gasteiger partial charge in [-0.25, -0.2) is 0 Å². The van der Waals surface area contributed by atoms with Crippen LogP contribution in [0.3, 0.4) is 0 Å². The van der Waals surface area contributed by atoms with Gasteiger partial charge in [0.15, 0.2) is 0 Å². The largest absolute Gasteiger partial charge is 0.497 e. The van der Waals surface area contributed by atoms with E-state index in [9.17, 15) is 0 Å². The zero-order valence-corrected chi connectivity index (χ0v) is 10.7. The van der Waals surface area contributed by atoms with Crippen molar-refractivity contribution in [3.05, 3.63) is 30.0 Å². The topological polar surface area (TPSA) is 56.5 Å². The predicted octanol–water partition coefficient (Wildman–Crippen LogP) is 1.60. The molecule has 5 heteroatoms. The summed E-state index contributed by atoms with van der Waals surface area (Å²) in [6, 6.07) is 7.40. The molecule has 0 unspecified atom stereocenters. The van der Waals surface area contributed by atoms with Crippen LogP contribution >= 0.6 is 0 Å². The lowest BCUT2D eigenvalue weighted by molar-refractivity contribution is 0.275. The molecule has 96 valence electrons. The predicted molar refractivity (Wildman–Crippen MR) is 67.7 cm³/mol. The maximum Gasteiger partial charge on any atom is 0.128 e. The first kappa shape index (κ1) is 12.4. The first-order valence-electron chi connectivity index (χ1n) is 5.55. The second-order valence-corrected chi connectivity index (χ2v) is 3.87. The van der Waals surface area contributed by atoms with Gasteiger partial charge in [-0.15, -0.1) is 0 Å². The molecular formula is C13H16N2O3. The van der Waals surface area contributed by atoms with E-state index in [0.29, 0.717) is 5.69 Å². The van der Waals surface area contributed by atoms with Crippen molar-refractivity contribution in [2.24, 2.45) is 7.05 Å². The lowest BCUT2D eigenvalue weighted by Crippen LogP contribution is -1.97. The summed E-state index contributed by atoms with van der Waals surface area (Å²) in [5.41, 5.74) is 2.37. The number of methoxy groups -OCH3 is 2. The van der Waals surface area contributed by atoms with Crippen LogP contribution in [0.2, 0.25) is 0 Å². The van der Waals surface area contributed by atoms with Gasteiger partial charge in [-0.3, -0.25) is 4.68 Å². The minimum atomic E-state index is -0.0832. The summed E-state index contributed by atoms with van der Waals surface area (Å²) < 4.78 is 12.3. The Hall–Kier alpha value is -2.01. The first-order chi connectivity index (χ1) is 8.69. The molecule has 0 amide bonds. The van der Waals surface area contributed by atoms with Gasteiger partial charge in [-0.2, -0.15) is 5.10 Å². The Kier molecular flexibility index (Phi) is 3.53. The number of benzene rings is 1. The summed E-state index contributed by atoms with van der Waals surface area (Å²) in [5, 5.41) is 13.3. The fourth-order valence-corrected chi connectivity index (χ4v) is 1.87. The summed E-state index contributed by atoms with van der Waals surface area (Å²) in [5.74, 6) is 1.49. The first-order valence-corrected chi connectivity index (χ1v) is 5.55. The fourth-order valence-electron chi connectivity index (χ4n) is 1.87. The van der Waals surface area contributed by atoms with Crippen molar-refractivity contribution in [3.8, 4) is 22.8 Å². The van der Waals surface area contributed by atoms with Crippen LogP contribution in [0.4, 0.5) is 0 Å². The van der Waals surface area contributed by atoms with E-state index in [2.05, 4.69) is 5.10 Å². The summed E-state index contributed by atoms with van der Waals surface area (Å²) in [4.78, 5) is 0. The molecule has 0 aliphatic heterocycles. The van der Waals surface area contributed by atoms with Crippen molar-refractivity contribution in [1.82, 2.24) is 9.78 Å². The molecule has 0 aliphatic rings. The van der Waals surface area contributed by atoms with Gasteiger partial charge in [0.25, 0.3) is 0 Å². The highest BCUT2D eigenvalue weighted by atomic mass is 16.5. The Bertz CT molecular complexity index is 549. The molecule has 2 rings (SSSR count). The second kappa shape index (κ2) is 5.10. The SMILES string of the molecule is COc1ccc(OC)c(-c2cc(CO)nn2C)c1. The third kappa shape index (κ3) is 2.17. The Morgan fingerprint density at radius 1 is 1.22 bits per heavy atom. The summed E-state index contributed by atoms with van der Waals surface area (Å²) >= 11 is 0. The van der Waals surface area contributed by atoms with Crippen molar-refractivity contribution in [3.63, 3.8) is 0 Å². The number of nitrogens with zero attached hydrogens (tertiary/aromatic N) is 2. The van der Waals surface area contributed by atoms with E-state index in [0.717, 1.165) is 22.8 Å². The number of aromatic nitrogens is 2. The van der Waals surface area contributed by atoms with Crippen LogP contribution in [0.15, 0.2) is 24.3 Å². The van der Waals surface area contributed by atoms with Crippen molar-refractivity contribution < 1.29 is 14.6 Å². The molecule has 0 spiro atoms. The summed E-state index contributed by atoms with van der Waals surface area (Å²) in [7, 11) is 5.07. The lowest BCUT2D eigenvalue weighted by atomic mass is 10.1. The molecular weight excluding hydrogens is 232 g/mol. The average Bonchev–Trinajstić information content (AvgIpc) is 2.79. The van der Waals surface area contributed by atoms with Crippen LogP contribution in [0.25, 0.3) is 11.3 Å². The number of rotatable bonds is 4. The van der Waals surface area contributed by atoms with Crippen LogP contribution in [-0.4, -0.2) is 29.1 Å². The van der Waals surface area contributed by atoms with E-state index in [1.165, 1.54) is 0 Å².